The second kappa shape index (κ2) is 4.77. The van der Waals surface area contributed by atoms with Gasteiger partial charge in [-0.15, -0.1) is 0 Å². The third kappa shape index (κ3) is 2.42. The average Bonchev–Trinajstić information content (AvgIpc) is 2.17. The highest BCUT2D eigenvalue weighted by Crippen LogP contribution is 2.21. The molecule has 0 saturated carbocycles. The first-order valence-electron chi connectivity index (χ1n) is 4.25. The Hall–Kier alpha value is -0.160. The number of rotatable bonds is 3. The molecule has 1 heterocycles. The minimum absolute atomic E-state index is 0.218. The first-order valence-corrected chi connectivity index (χ1v) is 4.25. The molecular formula is C8H16O4. The van der Waals surface area contributed by atoms with Crippen LogP contribution in [0, 0.1) is 0 Å². The molecule has 4 heteroatoms. The van der Waals surface area contributed by atoms with Gasteiger partial charge in [-0.2, -0.15) is 0 Å². The lowest BCUT2D eigenvalue weighted by atomic mass is 10.0. The molecule has 0 radical (unpaired) electrons. The molecule has 0 spiro atoms. The van der Waals surface area contributed by atoms with E-state index in [-0.39, 0.29) is 19.0 Å². The van der Waals surface area contributed by atoms with Crippen LogP contribution in [-0.2, 0) is 9.47 Å². The van der Waals surface area contributed by atoms with E-state index >= 15 is 0 Å². The van der Waals surface area contributed by atoms with Gasteiger partial charge in [0.2, 0.25) is 0 Å². The molecule has 12 heavy (non-hydrogen) atoms. The molecule has 0 aliphatic carbocycles. The molecule has 1 saturated heterocycles. The van der Waals surface area contributed by atoms with Crippen molar-refractivity contribution >= 4 is 0 Å². The molecule has 1 aliphatic heterocycles. The van der Waals surface area contributed by atoms with E-state index in [1.165, 1.54) is 0 Å². The van der Waals surface area contributed by atoms with Crippen molar-refractivity contribution in [2.24, 2.45) is 0 Å². The minimum Gasteiger partial charge on any atom is -0.394 e. The van der Waals surface area contributed by atoms with Gasteiger partial charge >= 0.3 is 0 Å². The van der Waals surface area contributed by atoms with Gasteiger partial charge in [-0.1, -0.05) is 0 Å². The van der Waals surface area contributed by atoms with Crippen LogP contribution in [-0.4, -0.2) is 42.4 Å². The fraction of sp³-hybridized carbons (Fsp3) is 1.00. The van der Waals surface area contributed by atoms with Crippen molar-refractivity contribution in [3.8, 4) is 0 Å². The highest BCUT2D eigenvalue weighted by atomic mass is 16.7. The predicted molar refractivity (Wildman–Crippen MR) is 42.6 cm³/mol. The van der Waals surface area contributed by atoms with Crippen LogP contribution in [0.4, 0.5) is 0 Å². The summed E-state index contributed by atoms with van der Waals surface area (Å²) in [5.74, 6) is 0. The van der Waals surface area contributed by atoms with E-state index in [0.717, 1.165) is 19.3 Å². The molecule has 1 rings (SSSR count). The van der Waals surface area contributed by atoms with Gasteiger partial charge in [-0.3, -0.25) is 0 Å². The molecule has 1 aliphatic rings. The van der Waals surface area contributed by atoms with Crippen LogP contribution in [0.25, 0.3) is 0 Å². The van der Waals surface area contributed by atoms with Crippen LogP contribution in [0.3, 0.4) is 0 Å². The fourth-order valence-corrected chi connectivity index (χ4v) is 1.39. The van der Waals surface area contributed by atoms with Gasteiger partial charge in [0.1, 0.15) is 6.10 Å². The van der Waals surface area contributed by atoms with Crippen LogP contribution in [0.1, 0.15) is 19.3 Å². The molecule has 4 nitrogen and oxygen atoms in total. The Morgan fingerprint density at radius 1 is 1.58 bits per heavy atom. The molecule has 0 aromatic rings. The number of ether oxygens (including phenoxy) is 2. The molecule has 3 atom stereocenters. The van der Waals surface area contributed by atoms with Crippen LogP contribution < -0.4 is 0 Å². The Bertz CT molecular complexity index is 126. The summed E-state index contributed by atoms with van der Waals surface area (Å²) in [5, 5.41) is 17.9. The van der Waals surface area contributed by atoms with Crippen molar-refractivity contribution in [2.45, 2.75) is 37.8 Å². The SMILES string of the molecule is CO[C@@H]1CCC[C@@H]([C@H](O)CO)O1. The Balaban J connectivity index is 2.34. The van der Waals surface area contributed by atoms with Gasteiger partial charge in [0.25, 0.3) is 0 Å². The number of aliphatic hydroxyl groups is 2. The van der Waals surface area contributed by atoms with E-state index in [9.17, 15) is 5.11 Å². The van der Waals surface area contributed by atoms with Crippen molar-refractivity contribution in [3.05, 3.63) is 0 Å². The van der Waals surface area contributed by atoms with Gasteiger partial charge in [0, 0.05) is 7.11 Å². The molecule has 0 aromatic carbocycles. The van der Waals surface area contributed by atoms with Crippen LogP contribution >= 0.6 is 0 Å². The van der Waals surface area contributed by atoms with Crippen molar-refractivity contribution in [1.82, 2.24) is 0 Å². The lowest BCUT2D eigenvalue weighted by molar-refractivity contribution is -0.206. The van der Waals surface area contributed by atoms with E-state index in [4.69, 9.17) is 14.6 Å². The molecule has 0 unspecified atom stereocenters. The zero-order valence-electron chi connectivity index (χ0n) is 7.27. The maximum atomic E-state index is 9.27. The molecular weight excluding hydrogens is 160 g/mol. The molecule has 72 valence electrons. The molecule has 2 N–H and O–H groups in total. The number of methoxy groups -OCH3 is 1. The van der Waals surface area contributed by atoms with E-state index in [0.29, 0.717) is 0 Å². The summed E-state index contributed by atoms with van der Waals surface area (Å²) in [5.41, 5.74) is 0. The summed E-state index contributed by atoms with van der Waals surface area (Å²) in [6.45, 7) is -0.249. The predicted octanol–water partition coefficient (Wildman–Crippen LogP) is -0.119. The largest absolute Gasteiger partial charge is 0.394 e. The van der Waals surface area contributed by atoms with Gasteiger partial charge in [0.05, 0.1) is 12.7 Å². The first kappa shape index (κ1) is 9.92. The smallest absolute Gasteiger partial charge is 0.157 e. The lowest BCUT2D eigenvalue weighted by Crippen LogP contribution is -2.39. The Labute approximate surface area is 72.1 Å². The van der Waals surface area contributed by atoms with Gasteiger partial charge < -0.3 is 19.7 Å². The standard InChI is InChI=1S/C8H16O4/c1-11-8-4-2-3-7(12-8)6(10)5-9/h6-10H,2-5H2,1H3/t6-,7+,8+/m1/s1. The van der Waals surface area contributed by atoms with Crippen molar-refractivity contribution in [1.29, 1.82) is 0 Å². The maximum absolute atomic E-state index is 9.27. The summed E-state index contributed by atoms with van der Waals surface area (Å²) in [4.78, 5) is 0. The van der Waals surface area contributed by atoms with Crippen molar-refractivity contribution < 1.29 is 19.7 Å². The Morgan fingerprint density at radius 3 is 2.92 bits per heavy atom. The average molecular weight is 176 g/mol. The monoisotopic (exact) mass is 176 g/mol. The van der Waals surface area contributed by atoms with Crippen molar-refractivity contribution in [2.75, 3.05) is 13.7 Å². The van der Waals surface area contributed by atoms with Gasteiger partial charge in [-0.25, -0.2) is 0 Å². The summed E-state index contributed by atoms with van der Waals surface area (Å²) in [7, 11) is 1.58. The molecule has 0 amide bonds. The van der Waals surface area contributed by atoms with Crippen LogP contribution in [0.15, 0.2) is 0 Å². The molecule has 0 bridgehead atoms. The third-order valence-electron chi connectivity index (χ3n) is 2.13. The van der Waals surface area contributed by atoms with E-state index in [2.05, 4.69) is 0 Å². The number of aliphatic hydroxyl groups excluding tert-OH is 2. The summed E-state index contributed by atoms with van der Waals surface area (Å²) in [6, 6.07) is 0. The first-order chi connectivity index (χ1) is 5.77. The Kier molecular flexibility index (Phi) is 3.94. The van der Waals surface area contributed by atoms with Crippen molar-refractivity contribution in [3.63, 3.8) is 0 Å². The summed E-state index contributed by atoms with van der Waals surface area (Å²) >= 11 is 0. The van der Waals surface area contributed by atoms with Crippen LogP contribution in [0.5, 0.6) is 0 Å². The second-order valence-electron chi connectivity index (χ2n) is 3.02. The Morgan fingerprint density at radius 2 is 2.33 bits per heavy atom. The third-order valence-corrected chi connectivity index (χ3v) is 2.13. The number of hydrogen-bond donors (Lipinski definition) is 2. The van der Waals surface area contributed by atoms with E-state index < -0.39 is 6.10 Å². The minimum atomic E-state index is -0.775. The van der Waals surface area contributed by atoms with E-state index in [1.54, 1.807) is 7.11 Å². The van der Waals surface area contributed by atoms with Gasteiger partial charge in [0.15, 0.2) is 6.29 Å². The van der Waals surface area contributed by atoms with Crippen LogP contribution in [0.2, 0.25) is 0 Å². The van der Waals surface area contributed by atoms with E-state index in [1.807, 2.05) is 0 Å². The molecule has 1 fully saturated rings. The number of hydrogen-bond acceptors (Lipinski definition) is 4. The second-order valence-corrected chi connectivity index (χ2v) is 3.02. The normalized spacial score (nSPS) is 33.2. The van der Waals surface area contributed by atoms with Gasteiger partial charge in [-0.05, 0) is 19.3 Å². The summed E-state index contributed by atoms with van der Waals surface area (Å²) < 4.78 is 10.4. The lowest BCUT2D eigenvalue weighted by Gasteiger charge is -2.31. The fourth-order valence-electron chi connectivity index (χ4n) is 1.39. The highest BCUT2D eigenvalue weighted by molar-refractivity contribution is 4.73. The molecule has 0 aromatic heterocycles. The topological polar surface area (TPSA) is 58.9 Å². The quantitative estimate of drug-likeness (QED) is 0.629. The summed E-state index contributed by atoms with van der Waals surface area (Å²) in [6.07, 6.45) is 1.37. The maximum Gasteiger partial charge on any atom is 0.157 e. The zero-order valence-corrected chi connectivity index (χ0v) is 7.27. The highest BCUT2D eigenvalue weighted by Gasteiger charge is 2.27. The zero-order chi connectivity index (χ0) is 8.97.